The molecule has 34 heavy (non-hydrogen) atoms. The number of anilines is 1. The molecule has 178 valence electrons. The van der Waals surface area contributed by atoms with E-state index in [1.165, 1.54) is 0 Å². The fourth-order valence-electron chi connectivity index (χ4n) is 4.16. The van der Waals surface area contributed by atoms with E-state index in [-0.39, 0.29) is 24.9 Å². The Morgan fingerprint density at radius 1 is 1.15 bits per heavy atom. The van der Waals surface area contributed by atoms with E-state index >= 15 is 0 Å². The van der Waals surface area contributed by atoms with Crippen LogP contribution in [0, 0.1) is 5.92 Å². The zero-order valence-corrected chi connectivity index (χ0v) is 18.0. The Kier molecular flexibility index (Phi) is 5.58. The van der Waals surface area contributed by atoms with Gasteiger partial charge in [0.05, 0.1) is 6.54 Å². The van der Waals surface area contributed by atoms with Gasteiger partial charge in [-0.3, -0.25) is 9.59 Å². The third-order valence-electron chi connectivity index (χ3n) is 6.01. The van der Waals surface area contributed by atoms with Crippen LogP contribution in [0.3, 0.4) is 0 Å². The molecule has 4 heterocycles. The number of amides is 2. The third kappa shape index (κ3) is 4.52. The Morgan fingerprint density at radius 3 is 2.74 bits per heavy atom. The number of fused-ring (bicyclic) bond motifs is 1. The summed E-state index contributed by atoms with van der Waals surface area (Å²) in [5.74, 6) is -0.117. The number of H-pyrrole nitrogens is 1. The van der Waals surface area contributed by atoms with Crippen molar-refractivity contribution in [3.8, 4) is 11.4 Å². The van der Waals surface area contributed by atoms with Gasteiger partial charge in [-0.25, -0.2) is 15.0 Å². The highest BCUT2D eigenvalue weighted by Gasteiger charge is 2.40. The summed E-state index contributed by atoms with van der Waals surface area (Å²) >= 11 is 0. The van der Waals surface area contributed by atoms with Crippen LogP contribution in [0.2, 0.25) is 0 Å². The maximum Gasteiger partial charge on any atom is 0.405 e. The first-order valence-electron chi connectivity index (χ1n) is 11.0. The molecule has 1 saturated heterocycles. The van der Waals surface area contributed by atoms with Gasteiger partial charge in [-0.2, -0.15) is 13.2 Å². The van der Waals surface area contributed by atoms with E-state index in [4.69, 9.17) is 0 Å². The van der Waals surface area contributed by atoms with Crippen molar-refractivity contribution in [2.75, 3.05) is 31.1 Å². The zero-order valence-electron chi connectivity index (χ0n) is 18.0. The van der Waals surface area contributed by atoms with Gasteiger partial charge in [0.15, 0.2) is 5.82 Å². The van der Waals surface area contributed by atoms with E-state index in [0.717, 1.165) is 18.2 Å². The summed E-state index contributed by atoms with van der Waals surface area (Å²) in [5.41, 5.74) is 1.38. The van der Waals surface area contributed by atoms with Crippen LogP contribution in [-0.2, 0) is 9.59 Å². The van der Waals surface area contributed by atoms with Crippen LogP contribution in [0.5, 0.6) is 0 Å². The highest BCUT2D eigenvalue weighted by Crippen LogP contribution is 2.32. The molecule has 1 aliphatic heterocycles. The predicted octanol–water partition coefficient (Wildman–Crippen LogP) is 2.13. The molecular weight excluding hydrogens is 451 g/mol. The number of nitrogens with zero attached hydrogens (tertiary/aromatic N) is 5. The highest BCUT2D eigenvalue weighted by molar-refractivity contribution is 5.92. The lowest BCUT2D eigenvalue weighted by Crippen LogP contribution is -2.61. The Labute approximate surface area is 192 Å². The lowest BCUT2D eigenvalue weighted by molar-refractivity contribution is -0.141. The molecule has 5 rings (SSSR count). The molecule has 3 aromatic heterocycles. The second-order valence-corrected chi connectivity index (χ2v) is 8.44. The van der Waals surface area contributed by atoms with Gasteiger partial charge in [-0.1, -0.05) is 0 Å². The number of hydrogen-bond acceptors (Lipinski definition) is 6. The molecule has 2 N–H and O–H groups in total. The van der Waals surface area contributed by atoms with Gasteiger partial charge in [-0.05, 0) is 31.0 Å². The molecule has 1 aliphatic carbocycles. The summed E-state index contributed by atoms with van der Waals surface area (Å²) in [6.45, 7) is -0.831. The standard InChI is InChI=1S/C22H22F3N7O2/c23-22(24,25)12-29-20(33)16-11-31(21(34)13-3-4-13)8-9-32(16)17-5-7-27-19(30-17)15-10-28-18-14(15)2-1-6-26-18/h1-2,5-7,10,13,16H,3-4,8-9,11-12H2,(H,26,28)(H,29,33)/t16-/m1/s1. The van der Waals surface area contributed by atoms with E-state index in [9.17, 15) is 22.8 Å². The first kappa shape index (κ1) is 22.1. The van der Waals surface area contributed by atoms with Crippen LogP contribution < -0.4 is 10.2 Å². The lowest BCUT2D eigenvalue weighted by Gasteiger charge is -2.41. The van der Waals surface area contributed by atoms with Gasteiger partial charge in [0.25, 0.3) is 0 Å². The van der Waals surface area contributed by atoms with Crippen LogP contribution in [0.15, 0.2) is 36.8 Å². The molecule has 2 aliphatic rings. The number of aromatic amines is 1. The van der Waals surface area contributed by atoms with E-state index in [0.29, 0.717) is 29.4 Å². The fraction of sp³-hybridized carbons (Fsp3) is 0.409. The van der Waals surface area contributed by atoms with Crippen molar-refractivity contribution in [3.05, 3.63) is 36.8 Å². The lowest BCUT2D eigenvalue weighted by atomic mass is 10.1. The van der Waals surface area contributed by atoms with Crippen LogP contribution in [0.1, 0.15) is 12.8 Å². The van der Waals surface area contributed by atoms with Gasteiger partial charge < -0.3 is 20.1 Å². The van der Waals surface area contributed by atoms with Crippen LogP contribution in [0.4, 0.5) is 19.0 Å². The number of piperazine rings is 1. The minimum Gasteiger partial charge on any atom is -0.345 e. The van der Waals surface area contributed by atoms with E-state index in [2.05, 4.69) is 19.9 Å². The molecule has 0 bridgehead atoms. The SMILES string of the molecule is O=C(NCC(F)(F)F)[C@H]1CN(C(=O)C2CC2)CCN1c1ccnc(-c2c[nH]c3ncccc23)n1. The summed E-state index contributed by atoms with van der Waals surface area (Å²) in [7, 11) is 0. The minimum atomic E-state index is -4.54. The molecule has 2 amide bonds. The number of nitrogens with one attached hydrogen (secondary N) is 2. The molecular formula is C22H22F3N7O2. The Hall–Kier alpha value is -3.70. The van der Waals surface area contributed by atoms with Crippen molar-refractivity contribution in [3.63, 3.8) is 0 Å². The van der Waals surface area contributed by atoms with Gasteiger partial charge in [0.1, 0.15) is 24.1 Å². The van der Waals surface area contributed by atoms with Crippen LogP contribution >= 0.6 is 0 Å². The summed E-state index contributed by atoms with van der Waals surface area (Å²) in [6.07, 6.45) is 2.00. The number of hydrogen-bond donors (Lipinski definition) is 2. The quantitative estimate of drug-likeness (QED) is 0.588. The highest BCUT2D eigenvalue weighted by atomic mass is 19.4. The zero-order chi connectivity index (χ0) is 23.9. The molecule has 0 unspecified atom stereocenters. The van der Waals surface area contributed by atoms with Crippen molar-refractivity contribution >= 4 is 28.7 Å². The van der Waals surface area contributed by atoms with Crippen molar-refractivity contribution in [2.45, 2.75) is 25.1 Å². The van der Waals surface area contributed by atoms with Crippen molar-refractivity contribution in [1.82, 2.24) is 30.2 Å². The largest absolute Gasteiger partial charge is 0.405 e. The second-order valence-electron chi connectivity index (χ2n) is 8.44. The average molecular weight is 473 g/mol. The van der Waals surface area contributed by atoms with E-state index < -0.39 is 24.7 Å². The Bertz CT molecular complexity index is 1220. The third-order valence-corrected chi connectivity index (χ3v) is 6.01. The molecule has 0 spiro atoms. The maximum atomic E-state index is 12.8. The van der Waals surface area contributed by atoms with Crippen molar-refractivity contribution in [1.29, 1.82) is 0 Å². The number of carbonyl (C=O) groups excluding carboxylic acids is 2. The maximum absolute atomic E-state index is 12.8. The molecule has 9 nitrogen and oxygen atoms in total. The molecule has 1 saturated carbocycles. The number of aromatic nitrogens is 4. The minimum absolute atomic E-state index is 0.00460. The summed E-state index contributed by atoms with van der Waals surface area (Å²) in [5, 5.41) is 2.78. The van der Waals surface area contributed by atoms with Crippen molar-refractivity contribution < 1.29 is 22.8 Å². The first-order valence-corrected chi connectivity index (χ1v) is 11.0. The number of alkyl halides is 3. The molecule has 0 aromatic carbocycles. The molecule has 2 fully saturated rings. The molecule has 3 aromatic rings. The number of pyridine rings is 1. The molecule has 1 atom stereocenters. The summed E-state index contributed by atoms with van der Waals surface area (Å²) < 4.78 is 38.2. The van der Waals surface area contributed by atoms with E-state index in [1.54, 1.807) is 40.5 Å². The van der Waals surface area contributed by atoms with Gasteiger partial charge in [0.2, 0.25) is 11.8 Å². The first-order chi connectivity index (χ1) is 16.3. The summed E-state index contributed by atoms with van der Waals surface area (Å²) in [6, 6.07) is 4.27. The number of rotatable bonds is 5. The predicted molar refractivity (Wildman–Crippen MR) is 117 cm³/mol. The monoisotopic (exact) mass is 473 g/mol. The van der Waals surface area contributed by atoms with E-state index in [1.807, 2.05) is 11.4 Å². The van der Waals surface area contributed by atoms with Gasteiger partial charge >= 0.3 is 6.18 Å². The smallest absolute Gasteiger partial charge is 0.345 e. The number of carbonyl (C=O) groups is 2. The Morgan fingerprint density at radius 2 is 1.97 bits per heavy atom. The summed E-state index contributed by atoms with van der Waals surface area (Å²) in [4.78, 5) is 44.9. The molecule has 0 radical (unpaired) electrons. The number of halogens is 3. The second kappa shape index (κ2) is 8.58. The van der Waals surface area contributed by atoms with Gasteiger partial charge in [-0.15, -0.1) is 0 Å². The van der Waals surface area contributed by atoms with Crippen LogP contribution in [0.25, 0.3) is 22.4 Å². The van der Waals surface area contributed by atoms with Crippen LogP contribution in [-0.4, -0.2) is 75.0 Å². The van der Waals surface area contributed by atoms with Gasteiger partial charge in [0, 0.05) is 48.5 Å². The molecule has 12 heteroatoms. The topological polar surface area (TPSA) is 107 Å². The van der Waals surface area contributed by atoms with Crippen molar-refractivity contribution in [2.24, 2.45) is 5.92 Å². The Balaban J connectivity index is 1.43. The normalized spacial score (nSPS) is 18.9. The average Bonchev–Trinajstić information content (AvgIpc) is 3.60. The fourth-order valence-corrected chi connectivity index (χ4v) is 4.16.